The number of carbonyl (C=O) groups excluding carboxylic acids is 1. The second-order valence-corrected chi connectivity index (χ2v) is 4.87. The summed E-state index contributed by atoms with van der Waals surface area (Å²) in [4.78, 5) is 11.3. The lowest BCUT2D eigenvalue weighted by molar-refractivity contribution is -0.253. The number of quaternary nitrogens is 1. The van der Waals surface area contributed by atoms with E-state index in [2.05, 4.69) is 0 Å². The van der Waals surface area contributed by atoms with Gasteiger partial charge in [-0.2, -0.15) is 5.26 Å². The van der Waals surface area contributed by atoms with Gasteiger partial charge in [-0.3, -0.25) is 0 Å². The molecule has 0 saturated heterocycles. The summed E-state index contributed by atoms with van der Waals surface area (Å²) in [6.07, 6.45) is 2.09. The summed E-state index contributed by atoms with van der Waals surface area (Å²) in [6.45, 7) is 0. The lowest BCUT2D eigenvalue weighted by Crippen LogP contribution is -2.49. The Morgan fingerprint density at radius 2 is 1.94 bits per heavy atom. The van der Waals surface area contributed by atoms with Crippen molar-refractivity contribution in [2.75, 3.05) is 12.5 Å². The zero-order chi connectivity index (χ0) is 12.2. The van der Waals surface area contributed by atoms with Crippen molar-refractivity contribution in [1.82, 2.24) is 3.29 Å². The first-order chi connectivity index (χ1) is 7.62. The van der Waals surface area contributed by atoms with Crippen molar-refractivity contribution in [1.29, 1.82) is 5.26 Å². The third kappa shape index (κ3) is 2.02. The van der Waals surface area contributed by atoms with Crippen LogP contribution in [0.5, 0.6) is 0 Å². The van der Waals surface area contributed by atoms with Crippen LogP contribution in [0.25, 0.3) is 0 Å². The van der Waals surface area contributed by atoms with Gasteiger partial charge in [0.2, 0.25) is 0 Å². The monoisotopic (exact) mass is 254 g/mol. The van der Waals surface area contributed by atoms with Crippen molar-refractivity contribution >= 4 is 35.7 Å². The fraction of sp³-hybridized carbons (Fsp3) is 0.200. The van der Waals surface area contributed by atoms with Gasteiger partial charge in [0.15, 0.2) is 5.69 Å². The average Bonchev–Trinajstić information content (AvgIpc) is 2.31. The van der Waals surface area contributed by atoms with Gasteiger partial charge in [-0.1, -0.05) is 12.1 Å². The molecule has 1 amide bonds. The zero-order valence-corrected chi connectivity index (χ0v) is 10.5. The van der Waals surface area contributed by atoms with E-state index in [0.717, 1.165) is 23.9 Å². The first kappa shape index (κ1) is 12.9. The highest BCUT2D eigenvalue weighted by Crippen LogP contribution is 2.40. The minimum absolute atomic E-state index is 0.343. The van der Waals surface area contributed by atoms with Crippen molar-refractivity contribution < 1.29 is 9.90 Å². The first-order valence-corrected chi connectivity index (χ1v) is 6.70. The standard InChI is InChI=1S/C10H10N2O2S2/c1-15-12(16-2,10(13)14)9-6-4-3-5-8(9)7-11/h3-6H,1-2H3. The number of carbonyl (C=O) groups is 1. The minimum Gasteiger partial charge on any atom is -0.496 e. The molecule has 0 N–H and O–H groups in total. The Morgan fingerprint density at radius 3 is 2.38 bits per heavy atom. The second-order valence-electron chi connectivity index (χ2n) is 2.81. The van der Waals surface area contributed by atoms with E-state index in [1.54, 1.807) is 36.8 Å². The molecule has 84 valence electrons. The van der Waals surface area contributed by atoms with E-state index < -0.39 is 9.39 Å². The summed E-state index contributed by atoms with van der Waals surface area (Å²) < 4.78 is -0.482. The third-order valence-corrected chi connectivity index (χ3v) is 4.71. The molecule has 0 aliphatic heterocycles. The van der Waals surface area contributed by atoms with Gasteiger partial charge in [-0.15, -0.1) is 3.29 Å². The van der Waals surface area contributed by atoms with Gasteiger partial charge in [-0.25, -0.2) is 0 Å². The lowest BCUT2D eigenvalue weighted by atomic mass is 10.2. The minimum atomic E-state index is -1.25. The van der Waals surface area contributed by atoms with Crippen LogP contribution in [-0.4, -0.2) is 18.6 Å². The maximum atomic E-state index is 11.3. The van der Waals surface area contributed by atoms with Crippen LogP contribution in [-0.2, 0) is 0 Å². The summed E-state index contributed by atoms with van der Waals surface area (Å²) in [5, 5.41) is 20.2. The van der Waals surface area contributed by atoms with Crippen molar-refractivity contribution in [3.8, 4) is 6.07 Å². The quantitative estimate of drug-likeness (QED) is 0.607. The Kier molecular flexibility index (Phi) is 4.24. The molecular formula is C10H10N2O2S2. The van der Waals surface area contributed by atoms with Crippen LogP contribution in [0.15, 0.2) is 24.3 Å². The Hall–Kier alpha value is -1.16. The van der Waals surface area contributed by atoms with Gasteiger partial charge in [0.25, 0.3) is 6.09 Å². The average molecular weight is 254 g/mol. The number of hydrogen-bond acceptors (Lipinski definition) is 5. The van der Waals surface area contributed by atoms with Gasteiger partial charge in [0.1, 0.15) is 11.6 Å². The van der Waals surface area contributed by atoms with Gasteiger partial charge in [0, 0.05) is 18.6 Å². The number of carboxylic acid groups (broad SMARTS) is 1. The molecule has 1 rings (SSSR count). The van der Waals surface area contributed by atoms with Crippen molar-refractivity contribution in [2.24, 2.45) is 0 Å². The number of rotatable bonds is 3. The van der Waals surface area contributed by atoms with E-state index in [4.69, 9.17) is 5.26 Å². The van der Waals surface area contributed by atoms with Crippen LogP contribution in [0, 0.1) is 11.3 Å². The molecule has 0 spiro atoms. The van der Waals surface area contributed by atoms with Gasteiger partial charge in [-0.05, 0) is 6.07 Å². The highest BCUT2D eigenvalue weighted by Gasteiger charge is 2.36. The highest BCUT2D eigenvalue weighted by atomic mass is 32.2. The number of nitriles is 1. The topological polar surface area (TPSA) is 63.9 Å². The molecule has 0 aliphatic carbocycles. The van der Waals surface area contributed by atoms with Crippen LogP contribution < -0.4 is 8.40 Å². The number of hydrogen-bond donors (Lipinski definition) is 0. The molecular weight excluding hydrogens is 244 g/mol. The lowest BCUT2D eigenvalue weighted by Gasteiger charge is -2.30. The fourth-order valence-corrected chi connectivity index (χ4v) is 2.95. The number of amides is 1. The van der Waals surface area contributed by atoms with Crippen LogP contribution in [0.4, 0.5) is 10.5 Å². The van der Waals surface area contributed by atoms with Crippen LogP contribution in [0.3, 0.4) is 0 Å². The maximum absolute atomic E-state index is 11.3. The van der Waals surface area contributed by atoms with E-state index >= 15 is 0 Å². The smallest absolute Gasteiger partial charge is 0.287 e. The molecule has 1 aromatic rings. The van der Waals surface area contributed by atoms with Crippen LogP contribution in [0.1, 0.15) is 5.56 Å². The normalized spacial score (nSPS) is 10.8. The summed E-state index contributed by atoms with van der Waals surface area (Å²) in [7, 11) is 0. The molecule has 6 heteroatoms. The predicted octanol–water partition coefficient (Wildman–Crippen LogP) is 1.76. The molecule has 0 radical (unpaired) electrons. The van der Waals surface area contributed by atoms with Gasteiger partial charge < -0.3 is 9.90 Å². The summed E-state index contributed by atoms with van der Waals surface area (Å²) in [5.41, 5.74) is 0.764. The maximum Gasteiger partial charge on any atom is 0.287 e. The highest BCUT2D eigenvalue weighted by molar-refractivity contribution is 8.15. The van der Waals surface area contributed by atoms with Crippen molar-refractivity contribution in [2.45, 2.75) is 0 Å². The van der Waals surface area contributed by atoms with E-state index in [9.17, 15) is 9.90 Å². The van der Waals surface area contributed by atoms with Crippen molar-refractivity contribution in [3.63, 3.8) is 0 Å². The molecule has 0 aliphatic rings. The Balaban J connectivity index is 3.44. The molecule has 0 bridgehead atoms. The molecule has 0 fully saturated rings. The van der Waals surface area contributed by atoms with Crippen molar-refractivity contribution in [3.05, 3.63) is 29.8 Å². The van der Waals surface area contributed by atoms with Gasteiger partial charge >= 0.3 is 0 Å². The molecule has 16 heavy (non-hydrogen) atoms. The van der Waals surface area contributed by atoms with Gasteiger partial charge in [0.05, 0.1) is 23.9 Å². The molecule has 0 unspecified atom stereocenters. The summed E-state index contributed by atoms with van der Waals surface area (Å²) >= 11 is 2.19. The second kappa shape index (κ2) is 5.25. The van der Waals surface area contributed by atoms with E-state index in [-0.39, 0.29) is 0 Å². The summed E-state index contributed by atoms with van der Waals surface area (Å²) in [5.74, 6) is 0. The molecule has 0 saturated carbocycles. The first-order valence-electron chi connectivity index (χ1n) is 4.34. The molecule has 0 aromatic heterocycles. The fourth-order valence-electron chi connectivity index (χ4n) is 1.34. The Bertz CT molecular complexity index is 439. The van der Waals surface area contributed by atoms with Crippen LogP contribution >= 0.6 is 23.9 Å². The Labute approximate surface area is 103 Å². The summed E-state index contributed by atoms with van der Waals surface area (Å²) in [6, 6.07) is 8.62. The Morgan fingerprint density at radius 1 is 1.38 bits per heavy atom. The van der Waals surface area contributed by atoms with E-state index in [0.29, 0.717) is 11.3 Å². The SMILES string of the molecule is CS[N+](SC)(C(=O)[O-])c1ccccc1C#N. The van der Waals surface area contributed by atoms with Crippen LogP contribution in [0.2, 0.25) is 0 Å². The third-order valence-electron chi connectivity index (χ3n) is 2.10. The molecule has 0 atom stereocenters. The van der Waals surface area contributed by atoms with E-state index in [1.165, 1.54) is 0 Å². The molecule has 1 aromatic carbocycles. The zero-order valence-electron chi connectivity index (χ0n) is 8.84. The molecule has 0 heterocycles. The number of benzene rings is 1. The number of nitrogens with zero attached hydrogens (tertiary/aromatic N) is 2. The largest absolute Gasteiger partial charge is 0.496 e. The predicted molar refractivity (Wildman–Crippen MR) is 65.4 cm³/mol. The van der Waals surface area contributed by atoms with E-state index in [1.807, 2.05) is 6.07 Å². The molecule has 4 nitrogen and oxygen atoms in total. The number of para-hydroxylation sites is 1.